The predicted molar refractivity (Wildman–Crippen MR) is 285 cm³/mol. The van der Waals surface area contributed by atoms with E-state index in [0.29, 0.717) is 130 Å². The Labute approximate surface area is 419 Å². The van der Waals surface area contributed by atoms with Crippen LogP contribution < -0.4 is 0 Å². The first-order valence-corrected chi connectivity index (χ1v) is 31.0. The fourth-order valence-corrected chi connectivity index (χ4v) is 35.3. The Kier molecular flexibility index (Phi) is 2.93. The van der Waals surface area contributed by atoms with Gasteiger partial charge in [0.25, 0.3) is 0 Å². The highest BCUT2D eigenvalue weighted by molar-refractivity contribution is 8.00. The van der Waals surface area contributed by atoms with Gasteiger partial charge in [0.1, 0.15) is 0 Å². The molecule has 22 unspecified atom stereocenters. The lowest BCUT2D eigenvalue weighted by atomic mass is 9.39. The molecule has 0 N–H and O–H groups in total. The fourth-order valence-electron chi connectivity index (χ4n) is 32.9. The van der Waals surface area contributed by atoms with Crippen LogP contribution in [0.5, 0.6) is 0 Å². The number of hydrogen-bond acceptors (Lipinski definition) is 1. The zero-order chi connectivity index (χ0) is 44.1. The fraction of sp³-hybridized carbons (Fsp3) is 0.389. The molecule has 73 heavy (non-hydrogen) atoms. The van der Waals surface area contributed by atoms with Gasteiger partial charge >= 0.3 is 0 Å². The van der Waals surface area contributed by atoms with E-state index in [4.69, 9.17) is 0 Å². The normalized spacial score (nSPS) is 46.7. The lowest BCUT2D eigenvalue weighted by molar-refractivity contribution is 0.0336. The lowest BCUT2D eigenvalue weighted by Crippen LogP contribution is -2.62. The van der Waals surface area contributed by atoms with Crippen molar-refractivity contribution in [3.8, 4) is 11.1 Å². The van der Waals surface area contributed by atoms with Crippen molar-refractivity contribution < 1.29 is 0 Å². The molecule has 0 bridgehead atoms. The molecule has 1 fully saturated rings. The Morgan fingerprint density at radius 1 is 0.288 bits per heavy atom. The molecule has 11 aromatic carbocycles. The SMILES string of the molecule is CC(C)c1ccc(C(C)C)c2c1SC13c4c5c6c7c8c9c%10c%11c%12c%13c%14c%15c(c%16c%13c%10c7c4-%16)C21C1C%15C2c4c7c%10c%13c%15c%16c%17c%18c%19c%20c%21c%22c%23c(c4c4c%22c%19c%16c%104)C2C%14C%12C%23C%21C%11C9C%20C%18C8C6C%17C%15C5C3C%13C71. The van der Waals surface area contributed by atoms with E-state index in [1.54, 1.807) is 11.1 Å². The van der Waals surface area contributed by atoms with Gasteiger partial charge in [-0.15, -0.1) is 11.8 Å². The lowest BCUT2D eigenvalue weighted by Gasteiger charge is -2.65. The minimum atomic E-state index is 0.00501. The van der Waals surface area contributed by atoms with Gasteiger partial charge in [-0.25, -0.2) is 0 Å². The molecule has 2 spiro atoms. The average molecular weight is 933 g/mol. The minimum Gasteiger partial charge on any atom is -0.112 e. The number of rotatable bonds is 2. The topological polar surface area (TPSA) is 0 Å². The second-order valence-electron chi connectivity index (χ2n) is 31.4. The van der Waals surface area contributed by atoms with Gasteiger partial charge in [0.15, 0.2) is 0 Å². The third kappa shape index (κ3) is 1.71. The third-order valence-corrected chi connectivity index (χ3v) is 33.4. The molecule has 0 amide bonds. The Balaban J connectivity index is 1.01. The Morgan fingerprint density at radius 2 is 0.575 bits per heavy atom. The van der Waals surface area contributed by atoms with Crippen LogP contribution in [0, 0.1) is 11.8 Å². The van der Waals surface area contributed by atoms with E-state index >= 15 is 0 Å². The molecule has 1 heteroatoms. The van der Waals surface area contributed by atoms with E-state index in [-0.39, 0.29) is 10.2 Å². The summed E-state index contributed by atoms with van der Waals surface area (Å²) in [6, 6.07) is 5.49. The first-order valence-electron chi connectivity index (χ1n) is 30.1. The van der Waals surface area contributed by atoms with Crippen LogP contribution in [0.3, 0.4) is 0 Å². The summed E-state index contributed by atoms with van der Waals surface area (Å²) in [5.41, 5.74) is 50.1. The largest absolute Gasteiger partial charge is 0.112 e. The van der Waals surface area contributed by atoms with Crippen molar-refractivity contribution in [1.82, 2.24) is 0 Å². The van der Waals surface area contributed by atoms with Crippen molar-refractivity contribution in [2.75, 3.05) is 0 Å². The van der Waals surface area contributed by atoms with Crippen LogP contribution in [0.25, 0.3) is 97.3 Å². The number of benzene rings is 10. The average Bonchev–Trinajstić information content (AvgIpc) is 4.34. The van der Waals surface area contributed by atoms with Gasteiger partial charge in [-0.3, -0.25) is 0 Å². The first kappa shape index (κ1) is 30.2. The summed E-state index contributed by atoms with van der Waals surface area (Å²) in [4.78, 5) is 1.82. The van der Waals surface area contributed by atoms with Crippen LogP contribution in [-0.4, -0.2) is 0 Å². The van der Waals surface area contributed by atoms with E-state index in [1.165, 1.54) is 0 Å². The smallest absolute Gasteiger partial charge is 0.0645 e. The van der Waals surface area contributed by atoms with Crippen LogP contribution in [0.4, 0.5) is 0 Å². The highest BCUT2D eigenvalue weighted by Gasteiger charge is 2.90. The van der Waals surface area contributed by atoms with Gasteiger partial charge in [-0.2, -0.15) is 0 Å². The summed E-state index contributed by atoms with van der Waals surface area (Å²) in [7, 11) is 0. The molecule has 23 aliphatic rings. The molecular formula is C72H36S. The van der Waals surface area contributed by atoms with Gasteiger partial charge in [0.2, 0.25) is 0 Å². The van der Waals surface area contributed by atoms with Crippen molar-refractivity contribution in [1.29, 1.82) is 0 Å². The first-order chi connectivity index (χ1) is 36.1. The maximum absolute atomic E-state index is 2.78. The van der Waals surface area contributed by atoms with Crippen molar-refractivity contribution in [2.45, 2.75) is 161 Å². The van der Waals surface area contributed by atoms with Crippen molar-refractivity contribution in [3.63, 3.8) is 0 Å². The van der Waals surface area contributed by atoms with Gasteiger partial charge < -0.3 is 0 Å². The maximum Gasteiger partial charge on any atom is 0.0645 e. The molecule has 1 saturated carbocycles. The van der Waals surface area contributed by atoms with Gasteiger partial charge in [-0.1, -0.05) is 39.8 Å². The summed E-state index contributed by atoms with van der Waals surface area (Å²) >= 11 is 2.64. The number of fused-ring (bicyclic) bond motifs is 1. The Morgan fingerprint density at radius 3 is 1.00 bits per heavy atom. The molecule has 1 heterocycles. The van der Waals surface area contributed by atoms with Crippen LogP contribution in [0.1, 0.15) is 274 Å². The summed E-state index contributed by atoms with van der Waals surface area (Å²) in [6.45, 7) is 10.4. The molecule has 22 atom stereocenters. The summed E-state index contributed by atoms with van der Waals surface area (Å²) in [5, 5.41) is 30.8. The standard InChI is InChI=1S/C72H36S/c1-7(2)9-5-6-10(8(3)4)70-65(9)71-66-57-49-39-29-21-13-11-12-15-19-17(13)25-33-27(19)37-31-23(15)24-16(12)20-18-14(11)22(21)30-36-26(18)34-28(20)38-32(24)42-41(31)53-47(37)55-45(33)51(43(49)35(25)29)59(66)61(55)68-63(53)64-54(42)48(38)56-46(34)52-44(36)50(40(30)39)58(57)67(71)60(52)62(56)69(64)72(68,71)73-70/h5-8,13,15,17,19,21,23,29,31,39-42,50,54,58,60,62,64,67,69H,1-4H3. The molecule has 0 radical (unpaired) electrons. The molecule has 22 aliphatic carbocycles. The summed E-state index contributed by atoms with van der Waals surface area (Å²) in [6.07, 6.45) is 0. The molecule has 1 aliphatic heterocycles. The van der Waals surface area contributed by atoms with E-state index in [2.05, 4.69) is 73.8 Å². The second-order valence-corrected chi connectivity index (χ2v) is 32.6. The Bertz CT molecular complexity index is 5600. The van der Waals surface area contributed by atoms with Crippen molar-refractivity contribution in [2.24, 2.45) is 11.8 Å². The van der Waals surface area contributed by atoms with Gasteiger partial charge in [0, 0.05) is 10.3 Å². The molecule has 34 rings (SSSR count). The van der Waals surface area contributed by atoms with Crippen LogP contribution in [-0.2, 0) is 10.2 Å². The van der Waals surface area contributed by atoms with E-state index in [1.807, 2.05) is 197 Å². The maximum atomic E-state index is 2.78. The highest BCUT2D eigenvalue weighted by atomic mass is 32.2. The monoisotopic (exact) mass is 932 g/mol. The van der Waals surface area contributed by atoms with Gasteiger partial charge in [0.05, 0.1) is 4.75 Å². The minimum absolute atomic E-state index is 0.00501. The van der Waals surface area contributed by atoms with Crippen LogP contribution >= 0.6 is 11.8 Å². The quantitative estimate of drug-likeness (QED) is 0.156. The molecular weight excluding hydrogens is 897 g/mol. The Hall–Kier alpha value is -5.37. The molecule has 0 nitrogen and oxygen atoms in total. The van der Waals surface area contributed by atoms with E-state index < -0.39 is 0 Å². The molecule has 11 aromatic rings. The third-order valence-electron chi connectivity index (χ3n) is 31.6. The summed E-state index contributed by atoms with van der Waals surface area (Å²) < 4.78 is 0.0392. The van der Waals surface area contributed by atoms with Crippen LogP contribution in [0.15, 0.2) is 17.0 Å². The van der Waals surface area contributed by atoms with E-state index in [0.717, 1.165) is 0 Å². The summed E-state index contributed by atoms with van der Waals surface area (Å²) in [5.74, 6) is 14.3. The predicted octanol–water partition coefficient (Wildman–Crippen LogP) is 16.7. The van der Waals surface area contributed by atoms with E-state index in [9.17, 15) is 0 Å². The van der Waals surface area contributed by atoms with Crippen molar-refractivity contribution in [3.05, 3.63) is 140 Å². The molecule has 0 saturated heterocycles. The highest BCUT2D eigenvalue weighted by Crippen LogP contribution is 3.01. The van der Waals surface area contributed by atoms with Crippen molar-refractivity contribution >= 4 is 97.9 Å². The zero-order valence-electron chi connectivity index (χ0n) is 40.3. The molecule has 0 aromatic heterocycles. The van der Waals surface area contributed by atoms with Crippen LogP contribution in [0.2, 0.25) is 0 Å². The molecule has 330 valence electrons. The van der Waals surface area contributed by atoms with Gasteiger partial charge in [-0.05, 0) is 355 Å². The number of thioether (sulfide) groups is 1. The number of hydrogen-bond donors (Lipinski definition) is 0. The second kappa shape index (κ2) is 7.06. The zero-order valence-corrected chi connectivity index (χ0v) is 41.1.